The molecule has 0 saturated carbocycles. The van der Waals surface area contributed by atoms with Gasteiger partial charge in [0.2, 0.25) is 0 Å². The molecule has 1 fully saturated rings. The number of aryl methyl sites for hydroxylation is 1. The monoisotopic (exact) mass is 291 g/mol. The summed E-state index contributed by atoms with van der Waals surface area (Å²) in [5.41, 5.74) is 0. The Hall–Kier alpha value is -0.940. The Morgan fingerprint density at radius 2 is 2.10 bits per heavy atom. The predicted octanol–water partition coefficient (Wildman–Crippen LogP) is 2.00. The molecule has 0 aromatic carbocycles. The zero-order chi connectivity index (χ0) is 14.8. The van der Waals surface area contributed by atoms with Gasteiger partial charge in [0.05, 0.1) is 6.04 Å². The molecule has 1 saturated heterocycles. The van der Waals surface area contributed by atoms with E-state index in [-0.39, 0.29) is 6.04 Å². The van der Waals surface area contributed by atoms with E-state index in [1.165, 1.54) is 44.7 Å². The van der Waals surface area contributed by atoms with Crippen molar-refractivity contribution in [2.45, 2.75) is 65.1 Å². The van der Waals surface area contributed by atoms with Gasteiger partial charge < -0.3 is 14.8 Å². The maximum absolute atomic E-state index is 4.41. The van der Waals surface area contributed by atoms with Crippen molar-refractivity contribution in [2.75, 3.05) is 19.6 Å². The van der Waals surface area contributed by atoms with E-state index < -0.39 is 0 Å². The quantitative estimate of drug-likeness (QED) is 0.901. The summed E-state index contributed by atoms with van der Waals surface area (Å²) in [6, 6.07) is 0.819. The second-order valence-electron chi connectivity index (χ2n) is 6.70. The van der Waals surface area contributed by atoms with Crippen LogP contribution in [-0.4, -0.2) is 45.3 Å². The Labute approximate surface area is 128 Å². The first-order valence-corrected chi connectivity index (χ1v) is 8.59. The highest BCUT2D eigenvalue weighted by molar-refractivity contribution is 5.04. The van der Waals surface area contributed by atoms with Gasteiger partial charge >= 0.3 is 0 Å². The lowest BCUT2D eigenvalue weighted by Gasteiger charge is -2.36. The standard InChI is InChI=1S/C16H29N5/c1-4-20-9-5-7-14(11-20)12(2)17-13(3)16-19-18-15-8-6-10-21(15)16/h12-14,17H,4-11H2,1-3H3. The van der Waals surface area contributed by atoms with Crippen molar-refractivity contribution in [3.8, 4) is 0 Å². The van der Waals surface area contributed by atoms with Crippen LogP contribution < -0.4 is 5.32 Å². The molecule has 3 unspecified atom stereocenters. The summed E-state index contributed by atoms with van der Waals surface area (Å²) >= 11 is 0. The van der Waals surface area contributed by atoms with Crippen LogP contribution in [0.4, 0.5) is 0 Å². The van der Waals surface area contributed by atoms with E-state index in [0.29, 0.717) is 6.04 Å². The van der Waals surface area contributed by atoms with Crippen molar-refractivity contribution >= 4 is 0 Å². The second-order valence-corrected chi connectivity index (χ2v) is 6.70. The van der Waals surface area contributed by atoms with Crippen molar-refractivity contribution in [3.05, 3.63) is 11.6 Å². The molecule has 0 bridgehead atoms. The zero-order valence-corrected chi connectivity index (χ0v) is 13.7. The molecular weight excluding hydrogens is 262 g/mol. The lowest BCUT2D eigenvalue weighted by Crippen LogP contribution is -2.45. The maximum Gasteiger partial charge on any atom is 0.149 e. The molecule has 3 atom stereocenters. The van der Waals surface area contributed by atoms with E-state index in [2.05, 4.69) is 45.8 Å². The van der Waals surface area contributed by atoms with E-state index >= 15 is 0 Å². The van der Waals surface area contributed by atoms with Crippen molar-refractivity contribution < 1.29 is 0 Å². The highest BCUT2D eigenvalue weighted by Gasteiger charge is 2.27. The Kier molecular flexibility index (Phi) is 4.60. The number of likely N-dealkylation sites (tertiary alicyclic amines) is 1. The molecule has 3 heterocycles. The number of nitrogens with one attached hydrogen (secondary N) is 1. The van der Waals surface area contributed by atoms with Gasteiger partial charge in [-0.15, -0.1) is 10.2 Å². The largest absolute Gasteiger partial charge is 0.314 e. The number of fused-ring (bicyclic) bond motifs is 1. The van der Waals surface area contributed by atoms with Gasteiger partial charge in [0.15, 0.2) is 0 Å². The summed E-state index contributed by atoms with van der Waals surface area (Å²) in [6.45, 7) is 11.6. The minimum absolute atomic E-state index is 0.288. The summed E-state index contributed by atoms with van der Waals surface area (Å²) in [6.07, 6.45) is 4.98. The first-order chi connectivity index (χ1) is 10.2. The molecule has 2 aliphatic heterocycles. The number of piperidine rings is 1. The minimum Gasteiger partial charge on any atom is -0.314 e. The molecule has 0 aliphatic carbocycles. The van der Waals surface area contributed by atoms with Crippen molar-refractivity contribution in [2.24, 2.45) is 5.92 Å². The molecular formula is C16H29N5. The van der Waals surface area contributed by atoms with Crippen LogP contribution in [0.3, 0.4) is 0 Å². The van der Waals surface area contributed by atoms with Gasteiger partial charge in [0, 0.05) is 25.6 Å². The van der Waals surface area contributed by atoms with Crippen LogP contribution in [0.2, 0.25) is 0 Å². The number of nitrogens with zero attached hydrogens (tertiary/aromatic N) is 4. The van der Waals surface area contributed by atoms with Gasteiger partial charge in [-0.3, -0.25) is 0 Å². The Bertz CT molecular complexity index is 469. The number of hydrogen-bond donors (Lipinski definition) is 1. The first-order valence-electron chi connectivity index (χ1n) is 8.59. The minimum atomic E-state index is 0.288. The number of rotatable bonds is 5. The average molecular weight is 291 g/mol. The van der Waals surface area contributed by atoms with E-state index in [1.807, 2.05) is 0 Å². The normalized spacial score (nSPS) is 25.8. The highest BCUT2D eigenvalue weighted by Crippen LogP contribution is 2.23. The lowest BCUT2D eigenvalue weighted by molar-refractivity contribution is 0.152. The maximum atomic E-state index is 4.41. The molecule has 5 heteroatoms. The topological polar surface area (TPSA) is 46.0 Å². The molecule has 1 aromatic rings. The Morgan fingerprint density at radius 1 is 1.24 bits per heavy atom. The fourth-order valence-electron chi connectivity index (χ4n) is 3.88. The van der Waals surface area contributed by atoms with Crippen molar-refractivity contribution in [1.82, 2.24) is 25.0 Å². The molecule has 5 nitrogen and oxygen atoms in total. The van der Waals surface area contributed by atoms with E-state index in [1.54, 1.807) is 0 Å². The van der Waals surface area contributed by atoms with Crippen molar-refractivity contribution in [1.29, 1.82) is 0 Å². The zero-order valence-electron chi connectivity index (χ0n) is 13.7. The van der Waals surface area contributed by atoms with Crippen LogP contribution in [0.1, 0.15) is 57.7 Å². The predicted molar refractivity (Wildman–Crippen MR) is 84.2 cm³/mol. The second kappa shape index (κ2) is 6.44. The molecule has 0 spiro atoms. The van der Waals surface area contributed by atoms with Crippen LogP contribution in [0.5, 0.6) is 0 Å². The molecule has 118 valence electrons. The molecule has 1 aromatic heterocycles. The van der Waals surface area contributed by atoms with Crippen LogP contribution >= 0.6 is 0 Å². The molecule has 2 aliphatic rings. The van der Waals surface area contributed by atoms with Gasteiger partial charge in [0.25, 0.3) is 0 Å². The summed E-state index contributed by atoms with van der Waals surface area (Å²) in [5.74, 6) is 3.04. The summed E-state index contributed by atoms with van der Waals surface area (Å²) in [5, 5.41) is 12.5. The third-order valence-corrected chi connectivity index (χ3v) is 5.23. The Balaban J connectivity index is 1.60. The number of aromatic nitrogens is 3. The van der Waals surface area contributed by atoms with Gasteiger partial charge in [-0.05, 0) is 52.1 Å². The number of hydrogen-bond acceptors (Lipinski definition) is 4. The van der Waals surface area contributed by atoms with E-state index in [4.69, 9.17) is 0 Å². The van der Waals surface area contributed by atoms with E-state index in [0.717, 1.165) is 24.7 Å². The van der Waals surface area contributed by atoms with Crippen LogP contribution in [0.15, 0.2) is 0 Å². The van der Waals surface area contributed by atoms with Crippen LogP contribution in [0, 0.1) is 5.92 Å². The molecule has 0 amide bonds. The van der Waals surface area contributed by atoms with Crippen molar-refractivity contribution in [3.63, 3.8) is 0 Å². The lowest BCUT2D eigenvalue weighted by atomic mass is 9.91. The summed E-state index contributed by atoms with van der Waals surface area (Å²) in [4.78, 5) is 2.58. The molecule has 0 radical (unpaired) electrons. The van der Waals surface area contributed by atoms with Gasteiger partial charge in [-0.25, -0.2) is 0 Å². The van der Waals surface area contributed by atoms with Gasteiger partial charge in [0.1, 0.15) is 11.6 Å². The fraction of sp³-hybridized carbons (Fsp3) is 0.875. The molecule has 1 N–H and O–H groups in total. The summed E-state index contributed by atoms with van der Waals surface area (Å²) in [7, 11) is 0. The first kappa shape index (κ1) is 15.0. The smallest absolute Gasteiger partial charge is 0.149 e. The third kappa shape index (κ3) is 3.14. The Morgan fingerprint density at radius 3 is 2.90 bits per heavy atom. The molecule has 3 rings (SSSR count). The molecule has 21 heavy (non-hydrogen) atoms. The SMILES string of the molecule is CCN1CCCC(C(C)NC(C)c2nnc3n2CCC3)C1. The van der Waals surface area contributed by atoms with Crippen LogP contribution in [-0.2, 0) is 13.0 Å². The fourth-order valence-corrected chi connectivity index (χ4v) is 3.88. The van der Waals surface area contributed by atoms with Gasteiger partial charge in [-0.2, -0.15) is 0 Å². The summed E-state index contributed by atoms with van der Waals surface area (Å²) < 4.78 is 2.31. The van der Waals surface area contributed by atoms with E-state index in [9.17, 15) is 0 Å². The van der Waals surface area contributed by atoms with Gasteiger partial charge in [-0.1, -0.05) is 6.92 Å². The third-order valence-electron chi connectivity index (χ3n) is 5.23. The van der Waals surface area contributed by atoms with Crippen LogP contribution in [0.25, 0.3) is 0 Å². The highest BCUT2D eigenvalue weighted by atomic mass is 15.3. The average Bonchev–Trinajstić information content (AvgIpc) is 3.09.